The summed E-state index contributed by atoms with van der Waals surface area (Å²) in [6.07, 6.45) is 3.37. The number of aromatic nitrogens is 2. The molecule has 0 aliphatic heterocycles. The molecule has 96 valence electrons. The van der Waals surface area contributed by atoms with Crippen molar-refractivity contribution in [2.75, 3.05) is 5.73 Å². The molecule has 18 heavy (non-hydrogen) atoms. The average molecular weight is 268 g/mol. The van der Waals surface area contributed by atoms with Crippen LogP contribution in [0.25, 0.3) is 11.0 Å². The topological polar surface area (TPSA) is 43.8 Å². The van der Waals surface area contributed by atoms with Crippen LogP contribution in [-0.2, 0) is 0 Å². The molecule has 2 N–H and O–H groups in total. The quantitative estimate of drug-likeness (QED) is 0.855. The summed E-state index contributed by atoms with van der Waals surface area (Å²) in [5, 5.41) is 0.120. The molecule has 1 aromatic carbocycles. The molecular weight excluding hydrogens is 253 g/mol. The molecule has 1 fully saturated rings. The minimum absolute atomic E-state index is 0.120. The van der Waals surface area contributed by atoms with Crippen molar-refractivity contribution >= 4 is 28.6 Å². The van der Waals surface area contributed by atoms with E-state index in [-0.39, 0.29) is 5.02 Å². The van der Waals surface area contributed by atoms with Crippen molar-refractivity contribution in [3.63, 3.8) is 0 Å². The molecule has 3 rings (SSSR count). The Bertz CT molecular complexity index is 608. The van der Waals surface area contributed by atoms with E-state index < -0.39 is 5.82 Å². The Kier molecular flexibility index (Phi) is 2.70. The highest BCUT2D eigenvalue weighted by atomic mass is 35.5. The lowest BCUT2D eigenvalue weighted by molar-refractivity contribution is 0.510. The largest absolute Gasteiger partial charge is 0.369 e. The van der Waals surface area contributed by atoms with Crippen LogP contribution < -0.4 is 5.73 Å². The Labute approximate surface area is 110 Å². The standard InChI is InChI=1S/C13H15ClFN3/c1-7-2-3-8(4-7)18-12-5-9(14)10(15)6-11(12)17-13(18)16/h5-8H,2-4H2,1H3,(H2,16,17). The number of nitrogens with zero attached hydrogens (tertiary/aromatic N) is 2. The number of benzene rings is 1. The van der Waals surface area contributed by atoms with Crippen LogP contribution in [0.1, 0.15) is 32.2 Å². The molecule has 0 bridgehead atoms. The zero-order valence-corrected chi connectivity index (χ0v) is 10.9. The first kappa shape index (κ1) is 11.8. The van der Waals surface area contributed by atoms with E-state index in [4.69, 9.17) is 17.3 Å². The third kappa shape index (κ3) is 1.75. The Hall–Kier alpha value is -1.29. The minimum Gasteiger partial charge on any atom is -0.369 e. The number of hydrogen-bond acceptors (Lipinski definition) is 2. The van der Waals surface area contributed by atoms with Crippen LogP contribution in [-0.4, -0.2) is 9.55 Å². The van der Waals surface area contributed by atoms with Crippen LogP contribution >= 0.6 is 11.6 Å². The Morgan fingerprint density at radius 3 is 2.89 bits per heavy atom. The highest BCUT2D eigenvalue weighted by Crippen LogP contribution is 2.38. The van der Waals surface area contributed by atoms with Gasteiger partial charge in [0.2, 0.25) is 5.95 Å². The first-order chi connectivity index (χ1) is 8.56. The molecule has 0 radical (unpaired) electrons. The smallest absolute Gasteiger partial charge is 0.201 e. The van der Waals surface area contributed by atoms with Gasteiger partial charge in [0.25, 0.3) is 0 Å². The maximum Gasteiger partial charge on any atom is 0.201 e. The molecule has 3 nitrogen and oxygen atoms in total. The van der Waals surface area contributed by atoms with Gasteiger partial charge < -0.3 is 10.3 Å². The summed E-state index contributed by atoms with van der Waals surface area (Å²) >= 11 is 5.85. The highest BCUT2D eigenvalue weighted by molar-refractivity contribution is 6.31. The van der Waals surface area contributed by atoms with Crippen molar-refractivity contribution in [1.82, 2.24) is 9.55 Å². The number of halogens is 2. The second-order valence-electron chi connectivity index (χ2n) is 5.17. The fourth-order valence-electron chi connectivity index (χ4n) is 2.90. The average Bonchev–Trinajstić information content (AvgIpc) is 2.83. The van der Waals surface area contributed by atoms with Gasteiger partial charge in [-0.2, -0.15) is 0 Å². The molecule has 0 saturated heterocycles. The number of nitrogens with two attached hydrogens (primary N) is 1. The van der Waals surface area contributed by atoms with Gasteiger partial charge in [-0.1, -0.05) is 18.5 Å². The summed E-state index contributed by atoms with van der Waals surface area (Å²) in [4.78, 5) is 4.23. The molecule has 1 aliphatic carbocycles. The summed E-state index contributed by atoms with van der Waals surface area (Å²) in [6.45, 7) is 2.24. The van der Waals surface area contributed by atoms with Gasteiger partial charge in [0.05, 0.1) is 16.1 Å². The highest BCUT2D eigenvalue weighted by Gasteiger charge is 2.26. The first-order valence-corrected chi connectivity index (χ1v) is 6.56. The second-order valence-corrected chi connectivity index (χ2v) is 5.57. The Morgan fingerprint density at radius 2 is 2.22 bits per heavy atom. The zero-order valence-electron chi connectivity index (χ0n) is 10.2. The van der Waals surface area contributed by atoms with Gasteiger partial charge >= 0.3 is 0 Å². The normalized spacial score (nSPS) is 23.9. The number of hydrogen-bond donors (Lipinski definition) is 1. The Balaban J connectivity index is 2.16. The van der Waals surface area contributed by atoms with Crippen molar-refractivity contribution in [3.8, 4) is 0 Å². The van der Waals surface area contributed by atoms with Crippen LogP contribution in [0.15, 0.2) is 12.1 Å². The van der Waals surface area contributed by atoms with Crippen molar-refractivity contribution in [3.05, 3.63) is 23.0 Å². The monoisotopic (exact) mass is 267 g/mol. The molecular formula is C13H15ClFN3. The second kappa shape index (κ2) is 4.12. The van der Waals surface area contributed by atoms with Gasteiger partial charge in [0, 0.05) is 12.1 Å². The Morgan fingerprint density at radius 1 is 1.44 bits per heavy atom. The van der Waals surface area contributed by atoms with Gasteiger partial charge in [0.15, 0.2) is 0 Å². The van der Waals surface area contributed by atoms with E-state index in [2.05, 4.69) is 11.9 Å². The van der Waals surface area contributed by atoms with E-state index in [9.17, 15) is 4.39 Å². The summed E-state index contributed by atoms with van der Waals surface area (Å²) in [7, 11) is 0. The molecule has 2 unspecified atom stereocenters. The minimum atomic E-state index is -0.450. The predicted molar refractivity (Wildman–Crippen MR) is 71.2 cm³/mol. The number of rotatable bonds is 1. The molecule has 0 spiro atoms. The van der Waals surface area contributed by atoms with E-state index in [0.29, 0.717) is 23.4 Å². The third-order valence-electron chi connectivity index (χ3n) is 3.79. The third-order valence-corrected chi connectivity index (χ3v) is 4.08. The van der Waals surface area contributed by atoms with E-state index in [1.165, 1.54) is 12.5 Å². The van der Waals surface area contributed by atoms with Crippen molar-refractivity contribution < 1.29 is 4.39 Å². The molecule has 1 saturated carbocycles. The molecule has 2 aromatic rings. The van der Waals surface area contributed by atoms with Crippen LogP contribution in [0.4, 0.5) is 10.3 Å². The van der Waals surface area contributed by atoms with Crippen LogP contribution in [0.5, 0.6) is 0 Å². The lowest BCUT2D eigenvalue weighted by Crippen LogP contribution is -2.09. The van der Waals surface area contributed by atoms with Gasteiger partial charge in [0.1, 0.15) is 5.82 Å². The maximum atomic E-state index is 13.4. The van der Waals surface area contributed by atoms with Gasteiger partial charge in [-0.05, 0) is 31.2 Å². The van der Waals surface area contributed by atoms with Crippen molar-refractivity contribution in [1.29, 1.82) is 0 Å². The number of nitrogen functional groups attached to an aromatic ring is 1. The molecule has 1 aliphatic rings. The maximum absolute atomic E-state index is 13.4. The van der Waals surface area contributed by atoms with E-state index >= 15 is 0 Å². The molecule has 1 heterocycles. The van der Waals surface area contributed by atoms with Crippen molar-refractivity contribution in [2.24, 2.45) is 5.92 Å². The molecule has 0 amide bonds. The summed E-state index contributed by atoms with van der Waals surface area (Å²) in [6, 6.07) is 3.33. The fourth-order valence-corrected chi connectivity index (χ4v) is 3.06. The van der Waals surface area contributed by atoms with E-state index in [0.717, 1.165) is 18.4 Å². The van der Waals surface area contributed by atoms with E-state index in [1.54, 1.807) is 6.07 Å². The molecule has 5 heteroatoms. The molecule has 2 atom stereocenters. The van der Waals surface area contributed by atoms with Crippen LogP contribution in [0.3, 0.4) is 0 Å². The number of fused-ring (bicyclic) bond motifs is 1. The first-order valence-electron chi connectivity index (χ1n) is 6.18. The van der Waals surface area contributed by atoms with Crippen molar-refractivity contribution in [2.45, 2.75) is 32.2 Å². The SMILES string of the molecule is CC1CCC(n2c(N)nc3cc(F)c(Cl)cc32)C1. The number of anilines is 1. The van der Waals surface area contributed by atoms with Gasteiger partial charge in [-0.15, -0.1) is 0 Å². The lowest BCUT2D eigenvalue weighted by Gasteiger charge is -2.14. The van der Waals surface area contributed by atoms with Gasteiger partial charge in [-0.3, -0.25) is 0 Å². The predicted octanol–water partition coefficient (Wildman–Crippen LogP) is 3.77. The summed E-state index contributed by atoms with van der Waals surface area (Å²) < 4.78 is 15.4. The molecule has 1 aromatic heterocycles. The summed E-state index contributed by atoms with van der Waals surface area (Å²) in [5.41, 5.74) is 7.37. The lowest BCUT2D eigenvalue weighted by atomic mass is 10.1. The fraction of sp³-hybridized carbons (Fsp3) is 0.462. The van der Waals surface area contributed by atoms with Crippen LogP contribution in [0.2, 0.25) is 5.02 Å². The van der Waals surface area contributed by atoms with Gasteiger partial charge in [-0.25, -0.2) is 9.37 Å². The summed E-state index contributed by atoms with van der Waals surface area (Å²) in [5.74, 6) is 0.696. The van der Waals surface area contributed by atoms with Crippen LogP contribution in [0, 0.1) is 11.7 Å². The zero-order chi connectivity index (χ0) is 12.9. The van der Waals surface area contributed by atoms with E-state index in [1.807, 2.05) is 4.57 Å². The number of imidazole rings is 1.